The van der Waals surface area contributed by atoms with Crippen LogP contribution < -0.4 is 10.2 Å². The van der Waals surface area contributed by atoms with E-state index in [0.29, 0.717) is 11.6 Å². The highest BCUT2D eigenvalue weighted by Gasteiger charge is 2.33. The number of nitrogens with zero attached hydrogens (tertiary/aromatic N) is 1. The van der Waals surface area contributed by atoms with Gasteiger partial charge in [0.05, 0.1) is 30.0 Å². The van der Waals surface area contributed by atoms with Gasteiger partial charge in [-0.25, -0.2) is 0 Å². The van der Waals surface area contributed by atoms with E-state index in [9.17, 15) is 27.6 Å². The molecule has 11 heteroatoms. The van der Waals surface area contributed by atoms with Crippen molar-refractivity contribution in [2.24, 2.45) is 0 Å². The van der Waals surface area contributed by atoms with Gasteiger partial charge in [0.25, 0.3) is 5.91 Å². The van der Waals surface area contributed by atoms with E-state index in [0.717, 1.165) is 25.0 Å². The van der Waals surface area contributed by atoms with Gasteiger partial charge in [-0.2, -0.15) is 13.2 Å². The third-order valence-electron chi connectivity index (χ3n) is 7.10. The Morgan fingerprint density at radius 2 is 1.71 bits per heavy atom. The van der Waals surface area contributed by atoms with Crippen LogP contribution in [0, 0.1) is 0 Å². The first-order chi connectivity index (χ1) is 19.5. The molecule has 2 N–H and O–H groups in total. The second kappa shape index (κ2) is 13.2. The van der Waals surface area contributed by atoms with Gasteiger partial charge in [-0.1, -0.05) is 49.1 Å². The smallest absolute Gasteiger partial charge is 0.417 e. The number of carboxylic acid groups (broad SMARTS) is 1. The molecule has 0 unspecified atom stereocenters. The summed E-state index contributed by atoms with van der Waals surface area (Å²) in [6.45, 7) is -0.160. The van der Waals surface area contributed by atoms with Crippen LogP contribution in [0.1, 0.15) is 77.4 Å². The van der Waals surface area contributed by atoms with Crippen molar-refractivity contribution in [3.8, 4) is 0 Å². The lowest BCUT2D eigenvalue weighted by Gasteiger charge is -2.25. The Hall–Kier alpha value is -3.79. The molecule has 4 rings (SSSR count). The van der Waals surface area contributed by atoms with Crippen molar-refractivity contribution >= 4 is 35.1 Å². The normalized spacial score (nSPS) is 14.0. The zero-order chi connectivity index (χ0) is 29.6. The second-order valence-corrected chi connectivity index (χ2v) is 10.5. The van der Waals surface area contributed by atoms with Crippen molar-refractivity contribution < 1.29 is 37.1 Å². The first-order valence-corrected chi connectivity index (χ1v) is 13.7. The molecule has 2 aromatic carbocycles. The zero-order valence-corrected chi connectivity index (χ0v) is 22.9. The van der Waals surface area contributed by atoms with Crippen molar-refractivity contribution in [1.29, 1.82) is 0 Å². The molecule has 41 heavy (non-hydrogen) atoms. The van der Waals surface area contributed by atoms with Crippen molar-refractivity contribution in [3.63, 3.8) is 0 Å². The Kier molecular flexibility index (Phi) is 9.75. The highest BCUT2D eigenvalue weighted by atomic mass is 35.5. The summed E-state index contributed by atoms with van der Waals surface area (Å²) in [5.41, 5.74) is 0.834. The molecule has 0 bridgehead atoms. The molecular weight excluding hydrogens is 561 g/mol. The summed E-state index contributed by atoms with van der Waals surface area (Å²) in [7, 11) is 0. The molecule has 1 fully saturated rings. The first kappa shape index (κ1) is 30.2. The maximum Gasteiger partial charge on any atom is 0.417 e. The van der Waals surface area contributed by atoms with Gasteiger partial charge < -0.3 is 19.7 Å². The number of benzene rings is 2. The van der Waals surface area contributed by atoms with E-state index in [-0.39, 0.29) is 43.0 Å². The van der Waals surface area contributed by atoms with E-state index in [1.165, 1.54) is 47.9 Å². The Labute approximate surface area is 240 Å². The molecular formula is C30H30ClF3N2O5. The van der Waals surface area contributed by atoms with Crippen molar-refractivity contribution in [2.75, 3.05) is 11.4 Å². The van der Waals surface area contributed by atoms with Crippen LogP contribution in [0.2, 0.25) is 5.02 Å². The van der Waals surface area contributed by atoms with Gasteiger partial charge >= 0.3 is 12.1 Å². The molecule has 0 aliphatic heterocycles. The van der Waals surface area contributed by atoms with E-state index in [1.54, 1.807) is 0 Å². The minimum atomic E-state index is -4.67. The molecule has 0 radical (unpaired) electrons. The molecule has 1 saturated carbocycles. The van der Waals surface area contributed by atoms with Crippen molar-refractivity contribution in [2.45, 2.75) is 63.6 Å². The number of carbonyl (C=O) groups excluding carboxylic acids is 2. The molecule has 0 spiro atoms. The molecule has 0 saturated heterocycles. The lowest BCUT2D eigenvalue weighted by atomic mass is 9.84. The van der Waals surface area contributed by atoms with Crippen LogP contribution >= 0.6 is 11.6 Å². The van der Waals surface area contributed by atoms with Gasteiger partial charge in [-0.3, -0.25) is 14.4 Å². The number of hydrogen-bond donors (Lipinski definition) is 2. The number of halogens is 4. The highest BCUT2D eigenvalue weighted by molar-refractivity contribution is 6.31. The number of anilines is 1. The SMILES string of the molecule is O=C(O)CCNC(=O)c1ccc(CN(C(=O)Cc2ccc(Cl)c(C(F)(F)F)c2)c2ccc(C3CCCCC3)cc2)o1. The number of carbonyl (C=O) groups is 3. The van der Waals surface area contributed by atoms with Gasteiger partial charge in [0.15, 0.2) is 5.76 Å². The van der Waals surface area contributed by atoms with Crippen LogP contribution in [-0.2, 0) is 28.7 Å². The predicted octanol–water partition coefficient (Wildman–Crippen LogP) is 6.98. The predicted molar refractivity (Wildman–Crippen MR) is 147 cm³/mol. The van der Waals surface area contributed by atoms with E-state index in [1.807, 2.05) is 24.3 Å². The largest absolute Gasteiger partial charge is 0.481 e. The average Bonchev–Trinajstić information content (AvgIpc) is 3.41. The molecule has 7 nitrogen and oxygen atoms in total. The van der Waals surface area contributed by atoms with Gasteiger partial charge in [0.2, 0.25) is 5.91 Å². The van der Waals surface area contributed by atoms with Gasteiger partial charge in [-0.05, 0) is 66.3 Å². The summed E-state index contributed by atoms with van der Waals surface area (Å²) in [6, 6.07) is 13.9. The van der Waals surface area contributed by atoms with Gasteiger partial charge in [0.1, 0.15) is 5.76 Å². The maximum atomic E-state index is 13.5. The molecule has 1 aromatic heterocycles. The molecule has 2 amide bonds. The van der Waals surface area contributed by atoms with Gasteiger partial charge in [-0.15, -0.1) is 0 Å². The zero-order valence-electron chi connectivity index (χ0n) is 22.2. The molecule has 1 aliphatic carbocycles. The average molecular weight is 591 g/mol. The summed E-state index contributed by atoms with van der Waals surface area (Å²) >= 11 is 5.75. The van der Waals surface area contributed by atoms with Gasteiger partial charge in [0, 0.05) is 12.2 Å². The Balaban J connectivity index is 1.56. The van der Waals surface area contributed by atoms with Crippen molar-refractivity contribution in [1.82, 2.24) is 5.32 Å². The number of aliphatic carboxylic acids is 1. The van der Waals surface area contributed by atoms with E-state index in [2.05, 4.69) is 5.32 Å². The number of furan rings is 1. The maximum absolute atomic E-state index is 13.5. The molecule has 0 atom stereocenters. The number of hydrogen-bond acceptors (Lipinski definition) is 4. The highest BCUT2D eigenvalue weighted by Crippen LogP contribution is 2.36. The van der Waals surface area contributed by atoms with Crippen LogP contribution in [-0.4, -0.2) is 29.4 Å². The topological polar surface area (TPSA) is 99.9 Å². The standard InChI is InChI=1S/C30H30ClF3N2O5/c31-25-12-6-19(16-24(25)30(32,33)34)17-27(37)36(22-9-7-21(8-10-22)20-4-2-1-3-5-20)18-23-11-13-26(41-23)29(40)35-15-14-28(38)39/h6-13,16,20H,1-5,14-15,17-18H2,(H,35,40)(H,38,39). The lowest BCUT2D eigenvalue weighted by molar-refractivity contribution is -0.138. The van der Waals surface area contributed by atoms with E-state index < -0.39 is 34.5 Å². The molecule has 3 aromatic rings. The minimum Gasteiger partial charge on any atom is -0.481 e. The fourth-order valence-electron chi connectivity index (χ4n) is 4.97. The number of amides is 2. The Bertz CT molecular complexity index is 1380. The van der Waals surface area contributed by atoms with E-state index in [4.69, 9.17) is 21.1 Å². The number of carboxylic acids is 1. The number of alkyl halides is 3. The third kappa shape index (κ3) is 8.13. The number of nitrogens with one attached hydrogen (secondary N) is 1. The quantitative estimate of drug-likeness (QED) is 0.265. The van der Waals surface area contributed by atoms with Crippen LogP contribution in [0.3, 0.4) is 0 Å². The van der Waals surface area contributed by atoms with Crippen LogP contribution in [0.15, 0.2) is 59.0 Å². The summed E-state index contributed by atoms with van der Waals surface area (Å²) in [6.07, 6.45) is 0.521. The fraction of sp³-hybridized carbons (Fsp3) is 0.367. The van der Waals surface area contributed by atoms with E-state index >= 15 is 0 Å². The van der Waals surface area contributed by atoms with Crippen LogP contribution in [0.5, 0.6) is 0 Å². The first-order valence-electron chi connectivity index (χ1n) is 13.4. The monoisotopic (exact) mass is 590 g/mol. The van der Waals surface area contributed by atoms with Crippen LogP contribution in [0.25, 0.3) is 0 Å². The summed E-state index contributed by atoms with van der Waals surface area (Å²) in [4.78, 5) is 37.9. The third-order valence-corrected chi connectivity index (χ3v) is 7.43. The summed E-state index contributed by atoms with van der Waals surface area (Å²) < 4.78 is 45.8. The Morgan fingerprint density at radius 3 is 2.37 bits per heavy atom. The summed E-state index contributed by atoms with van der Waals surface area (Å²) in [5.74, 6) is -1.48. The minimum absolute atomic E-state index is 0.0574. The molecule has 218 valence electrons. The lowest BCUT2D eigenvalue weighted by Crippen LogP contribution is -2.31. The number of rotatable bonds is 10. The Morgan fingerprint density at radius 1 is 1.00 bits per heavy atom. The van der Waals surface area contributed by atoms with Crippen molar-refractivity contribution in [3.05, 3.63) is 87.8 Å². The molecule has 1 heterocycles. The fourth-order valence-corrected chi connectivity index (χ4v) is 5.19. The summed E-state index contributed by atoms with van der Waals surface area (Å²) in [5, 5.41) is 10.7. The van der Waals surface area contributed by atoms with Crippen LogP contribution in [0.4, 0.5) is 18.9 Å². The molecule has 1 aliphatic rings. The second-order valence-electron chi connectivity index (χ2n) is 10.1.